The maximum atomic E-state index is 12.3. The topological polar surface area (TPSA) is 32.3 Å². The zero-order chi connectivity index (χ0) is 12.0. The first-order valence-corrected chi connectivity index (χ1v) is 6.86. The van der Waals surface area contributed by atoms with Gasteiger partial charge >= 0.3 is 0 Å². The summed E-state index contributed by atoms with van der Waals surface area (Å²) < 4.78 is 1.06. The van der Waals surface area contributed by atoms with Crippen molar-refractivity contribution in [1.82, 2.24) is 0 Å². The molecule has 1 aromatic carbocycles. The Labute approximate surface area is 109 Å². The molecular weight excluding hydrogens is 280 g/mol. The fraction of sp³-hybridized carbons (Fsp3) is 0.462. The number of carbonyl (C=O) groups excluding carboxylic acids is 1. The number of benzene rings is 1. The Morgan fingerprint density at radius 3 is 2.82 bits per heavy atom. The molecule has 1 heterocycles. The highest BCUT2D eigenvalue weighted by Gasteiger charge is 2.51. The molecule has 1 aromatic rings. The summed E-state index contributed by atoms with van der Waals surface area (Å²) in [5.41, 5.74) is 1.77. The number of nitrogens with zero attached hydrogens (tertiary/aromatic N) is 1. The quantitative estimate of drug-likeness (QED) is 0.863. The number of nitrogens with one attached hydrogen (secondary N) is 1. The van der Waals surface area contributed by atoms with Crippen molar-refractivity contribution < 1.29 is 4.79 Å². The van der Waals surface area contributed by atoms with Gasteiger partial charge < -0.3 is 10.2 Å². The number of hydrogen-bond acceptors (Lipinski definition) is 2. The molecule has 90 valence electrons. The van der Waals surface area contributed by atoms with E-state index in [0.29, 0.717) is 0 Å². The molecule has 0 atom stereocenters. The van der Waals surface area contributed by atoms with Crippen LogP contribution in [-0.4, -0.2) is 18.0 Å². The molecule has 3 rings (SSSR count). The van der Waals surface area contributed by atoms with Crippen molar-refractivity contribution in [2.24, 2.45) is 0 Å². The molecule has 0 unspecified atom stereocenters. The molecule has 1 amide bonds. The number of amides is 1. The monoisotopic (exact) mass is 294 g/mol. The SMILES string of the molecule is CCN1c2c(Br)cccc2NC(=O)C12CCC2. The molecule has 4 heteroatoms. The molecule has 2 aliphatic rings. The van der Waals surface area contributed by atoms with Crippen molar-refractivity contribution in [3.8, 4) is 0 Å². The highest BCUT2D eigenvalue weighted by atomic mass is 79.9. The van der Waals surface area contributed by atoms with E-state index in [0.717, 1.165) is 41.7 Å². The van der Waals surface area contributed by atoms with E-state index in [1.165, 1.54) is 0 Å². The molecule has 17 heavy (non-hydrogen) atoms. The predicted molar refractivity (Wildman–Crippen MR) is 72.4 cm³/mol. The third-order valence-corrected chi connectivity index (χ3v) is 4.58. The summed E-state index contributed by atoms with van der Waals surface area (Å²) in [6.45, 7) is 2.98. The normalized spacial score (nSPS) is 20.8. The van der Waals surface area contributed by atoms with Crippen molar-refractivity contribution in [2.45, 2.75) is 31.7 Å². The fourth-order valence-corrected chi connectivity index (χ4v) is 3.52. The van der Waals surface area contributed by atoms with Gasteiger partial charge in [-0.05, 0) is 54.2 Å². The van der Waals surface area contributed by atoms with Crippen LogP contribution in [0.5, 0.6) is 0 Å². The van der Waals surface area contributed by atoms with Gasteiger partial charge in [0.15, 0.2) is 0 Å². The molecule has 1 fully saturated rings. The second kappa shape index (κ2) is 3.73. The molecule has 1 saturated carbocycles. The molecule has 1 aliphatic heterocycles. The lowest BCUT2D eigenvalue weighted by Gasteiger charge is -2.52. The molecule has 3 nitrogen and oxygen atoms in total. The van der Waals surface area contributed by atoms with Gasteiger partial charge in [0.1, 0.15) is 5.54 Å². The van der Waals surface area contributed by atoms with Gasteiger partial charge in [0.2, 0.25) is 5.91 Å². The van der Waals surface area contributed by atoms with E-state index in [-0.39, 0.29) is 11.4 Å². The van der Waals surface area contributed by atoms with Gasteiger partial charge in [0.25, 0.3) is 0 Å². The Hall–Kier alpha value is -1.03. The van der Waals surface area contributed by atoms with Crippen LogP contribution < -0.4 is 10.2 Å². The first-order chi connectivity index (χ1) is 8.19. The molecule has 1 aliphatic carbocycles. The summed E-state index contributed by atoms with van der Waals surface area (Å²) in [5.74, 6) is 0.163. The number of rotatable bonds is 1. The first kappa shape index (κ1) is 11.1. The molecule has 1 N–H and O–H groups in total. The number of para-hydroxylation sites is 1. The zero-order valence-corrected chi connectivity index (χ0v) is 11.4. The third kappa shape index (κ3) is 1.36. The van der Waals surface area contributed by atoms with Gasteiger partial charge in [0, 0.05) is 11.0 Å². The van der Waals surface area contributed by atoms with Crippen LogP contribution in [0, 0.1) is 0 Å². The number of hydrogen-bond donors (Lipinski definition) is 1. The van der Waals surface area contributed by atoms with Crippen molar-refractivity contribution in [2.75, 3.05) is 16.8 Å². The number of anilines is 2. The maximum Gasteiger partial charge on any atom is 0.250 e. The number of likely N-dealkylation sites (N-methyl/N-ethyl adjacent to an activating group) is 1. The second-order valence-electron chi connectivity index (χ2n) is 4.72. The number of fused-ring (bicyclic) bond motifs is 1. The minimum atomic E-state index is -0.286. The van der Waals surface area contributed by atoms with Crippen molar-refractivity contribution >= 4 is 33.2 Å². The van der Waals surface area contributed by atoms with Crippen LogP contribution in [0.1, 0.15) is 26.2 Å². The summed E-state index contributed by atoms with van der Waals surface area (Å²) in [7, 11) is 0. The minimum Gasteiger partial charge on any atom is -0.355 e. The lowest BCUT2D eigenvalue weighted by atomic mass is 9.73. The Morgan fingerprint density at radius 2 is 2.24 bits per heavy atom. The van der Waals surface area contributed by atoms with E-state index in [1.54, 1.807) is 0 Å². The molecular formula is C13H15BrN2O. The largest absolute Gasteiger partial charge is 0.355 e. The van der Waals surface area contributed by atoms with E-state index in [9.17, 15) is 4.79 Å². The fourth-order valence-electron chi connectivity index (χ4n) is 2.94. The summed E-state index contributed by atoms with van der Waals surface area (Å²) in [6.07, 6.45) is 3.07. The van der Waals surface area contributed by atoms with E-state index < -0.39 is 0 Å². The van der Waals surface area contributed by atoms with Crippen LogP contribution in [0.15, 0.2) is 22.7 Å². The van der Waals surface area contributed by atoms with Crippen LogP contribution in [0.25, 0.3) is 0 Å². The summed E-state index contributed by atoms with van der Waals surface area (Å²) in [6, 6.07) is 5.95. The van der Waals surface area contributed by atoms with Gasteiger partial charge in [-0.3, -0.25) is 4.79 Å². The van der Waals surface area contributed by atoms with E-state index in [2.05, 4.69) is 33.1 Å². The molecule has 0 radical (unpaired) electrons. The molecule has 0 saturated heterocycles. The van der Waals surface area contributed by atoms with E-state index in [4.69, 9.17) is 0 Å². The third-order valence-electron chi connectivity index (χ3n) is 3.94. The van der Waals surface area contributed by atoms with Gasteiger partial charge in [0.05, 0.1) is 11.4 Å². The Kier molecular flexibility index (Phi) is 2.43. The average Bonchev–Trinajstić information content (AvgIpc) is 2.25. The van der Waals surface area contributed by atoms with E-state index in [1.807, 2.05) is 18.2 Å². The van der Waals surface area contributed by atoms with Crippen molar-refractivity contribution in [3.63, 3.8) is 0 Å². The van der Waals surface area contributed by atoms with Crippen molar-refractivity contribution in [3.05, 3.63) is 22.7 Å². The average molecular weight is 295 g/mol. The standard InChI is InChI=1S/C13H15BrN2O/c1-2-16-11-9(14)5-3-6-10(11)15-12(17)13(16)7-4-8-13/h3,5-6H,2,4,7-8H2,1H3,(H,15,17). The highest BCUT2D eigenvalue weighted by molar-refractivity contribution is 9.10. The van der Waals surface area contributed by atoms with Gasteiger partial charge in [-0.1, -0.05) is 6.07 Å². The maximum absolute atomic E-state index is 12.3. The van der Waals surface area contributed by atoms with Crippen LogP contribution >= 0.6 is 15.9 Å². The van der Waals surface area contributed by atoms with Crippen molar-refractivity contribution in [1.29, 1.82) is 0 Å². The lowest BCUT2D eigenvalue weighted by molar-refractivity contribution is -0.124. The van der Waals surface area contributed by atoms with Gasteiger partial charge in [-0.15, -0.1) is 0 Å². The Bertz CT molecular complexity index is 482. The summed E-state index contributed by atoms with van der Waals surface area (Å²) in [5, 5.41) is 3.05. The van der Waals surface area contributed by atoms with Gasteiger partial charge in [-0.25, -0.2) is 0 Å². The second-order valence-corrected chi connectivity index (χ2v) is 5.57. The lowest BCUT2D eigenvalue weighted by Crippen LogP contribution is -2.64. The Balaban J connectivity index is 2.16. The highest BCUT2D eigenvalue weighted by Crippen LogP contribution is 2.49. The number of halogens is 1. The van der Waals surface area contributed by atoms with E-state index >= 15 is 0 Å². The smallest absolute Gasteiger partial charge is 0.250 e. The number of carbonyl (C=O) groups is 1. The van der Waals surface area contributed by atoms with Crippen LogP contribution in [0.3, 0.4) is 0 Å². The first-order valence-electron chi connectivity index (χ1n) is 6.06. The molecule has 0 aromatic heterocycles. The summed E-state index contributed by atoms with van der Waals surface area (Å²) >= 11 is 3.60. The zero-order valence-electron chi connectivity index (χ0n) is 9.79. The summed E-state index contributed by atoms with van der Waals surface area (Å²) in [4.78, 5) is 14.5. The minimum absolute atomic E-state index is 0.163. The van der Waals surface area contributed by atoms with Crippen LogP contribution in [-0.2, 0) is 4.79 Å². The van der Waals surface area contributed by atoms with Gasteiger partial charge in [-0.2, -0.15) is 0 Å². The van der Waals surface area contributed by atoms with Crippen LogP contribution in [0.4, 0.5) is 11.4 Å². The molecule has 1 spiro atoms. The predicted octanol–water partition coefficient (Wildman–Crippen LogP) is 3.15. The Morgan fingerprint density at radius 1 is 1.47 bits per heavy atom. The van der Waals surface area contributed by atoms with Crippen LogP contribution in [0.2, 0.25) is 0 Å². The molecule has 0 bridgehead atoms.